The zero-order valence-electron chi connectivity index (χ0n) is 10.7. The van der Waals surface area contributed by atoms with E-state index in [1.165, 1.54) is 31.7 Å². The van der Waals surface area contributed by atoms with Gasteiger partial charge in [0.1, 0.15) is 0 Å². The van der Waals surface area contributed by atoms with Crippen LogP contribution in [0, 0.1) is 15.5 Å². The Morgan fingerprint density at radius 2 is 2.22 bits per heavy atom. The Morgan fingerprint density at radius 1 is 1.50 bits per heavy atom. The summed E-state index contributed by atoms with van der Waals surface area (Å²) in [6.45, 7) is 2.97. The molecule has 0 aliphatic heterocycles. The predicted octanol–water partition coefficient (Wildman–Crippen LogP) is 3.37. The number of anilines is 1. The molecule has 0 spiro atoms. The van der Waals surface area contributed by atoms with Crippen LogP contribution in [0.2, 0.25) is 0 Å². The molecule has 0 bridgehead atoms. The Kier molecular flexibility index (Phi) is 3.79. The largest absolute Gasteiger partial charge is 0.364 e. The quantitative estimate of drug-likeness (QED) is 0.641. The molecule has 0 aromatic carbocycles. The number of nitro groups is 1. The molecule has 1 heterocycles. The Labute approximate surface area is 107 Å². The van der Waals surface area contributed by atoms with Crippen LogP contribution in [0.5, 0.6) is 0 Å². The Bertz CT molecular complexity index is 428. The predicted molar refractivity (Wildman–Crippen MR) is 70.6 cm³/mol. The average Bonchev–Trinajstić information content (AvgIpc) is 2.86. The van der Waals surface area contributed by atoms with Crippen LogP contribution in [0.25, 0.3) is 0 Å². The number of hydrogen-bond donors (Lipinski definition) is 1. The maximum absolute atomic E-state index is 10.9. The minimum absolute atomic E-state index is 0.0572. The van der Waals surface area contributed by atoms with Crippen LogP contribution in [-0.2, 0) is 0 Å². The van der Waals surface area contributed by atoms with Gasteiger partial charge in [-0.25, -0.2) is 4.98 Å². The first kappa shape index (κ1) is 12.8. The van der Waals surface area contributed by atoms with Gasteiger partial charge in [0.25, 0.3) is 0 Å². The van der Waals surface area contributed by atoms with E-state index in [0.29, 0.717) is 11.2 Å². The number of aromatic nitrogens is 1. The molecule has 1 fully saturated rings. The molecule has 0 unspecified atom stereocenters. The molecule has 0 amide bonds. The van der Waals surface area contributed by atoms with Gasteiger partial charge in [-0.1, -0.05) is 19.8 Å². The molecular weight excluding hydrogens is 230 g/mol. The van der Waals surface area contributed by atoms with Crippen LogP contribution in [0.1, 0.15) is 39.0 Å². The SMILES string of the molecule is CCC1(CNc2ncccc2[N+](=O)[O-])CCCC1. The number of rotatable bonds is 5. The van der Waals surface area contributed by atoms with Crippen molar-refractivity contribution in [3.05, 3.63) is 28.4 Å². The molecule has 1 aliphatic carbocycles. The average molecular weight is 249 g/mol. The highest BCUT2D eigenvalue weighted by Crippen LogP contribution is 2.41. The van der Waals surface area contributed by atoms with Gasteiger partial charge >= 0.3 is 5.69 Å². The first-order valence-electron chi connectivity index (χ1n) is 6.50. The maximum Gasteiger partial charge on any atom is 0.311 e. The lowest BCUT2D eigenvalue weighted by Gasteiger charge is -2.27. The third-order valence-corrected chi connectivity index (χ3v) is 4.03. The van der Waals surface area contributed by atoms with Gasteiger partial charge in [-0.2, -0.15) is 0 Å². The van der Waals surface area contributed by atoms with E-state index in [4.69, 9.17) is 0 Å². The molecular formula is C13H19N3O2. The minimum Gasteiger partial charge on any atom is -0.364 e. The zero-order valence-corrected chi connectivity index (χ0v) is 10.7. The molecule has 0 saturated heterocycles. The number of nitrogens with zero attached hydrogens (tertiary/aromatic N) is 2. The van der Waals surface area contributed by atoms with Crippen LogP contribution < -0.4 is 5.32 Å². The summed E-state index contributed by atoms with van der Waals surface area (Å²) in [5, 5.41) is 14.1. The van der Waals surface area contributed by atoms with Gasteiger partial charge < -0.3 is 5.32 Å². The molecule has 1 aliphatic rings. The molecule has 98 valence electrons. The van der Waals surface area contributed by atoms with Gasteiger partial charge in [-0.05, 0) is 30.7 Å². The summed E-state index contributed by atoms with van der Waals surface area (Å²) in [6, 6.07) is 3.08. The van der Waals surface area contributed by atoms with E-state index in [0.717, 1.165) is 13.0 Å². The van der Waals surface area contributed by atoms with Gasteiger partial charge in [0, 0.05) is 18.8 Å². The van der Waals surface area contributed by atoms with E-state index < -0.39 is 0 Å². The van der Waals surface area contributed by atoms with Gasteiger partial charge in [0.2, 0.25) is 5.82 Å². The first-order chi connectivity index (χ1) is 8.67. The second-order valence-corrected chi connectivity index (χ2v) is 5.04. The van der Waals surface area contributed by atoms with Crippen molar-refractivity contribution in [2.75, 3.05) is 11.9 Å². The van der Waals surface area contributed by atoms with Crippen molar-refractivity contribution in [2.45, 2.75) is 39.0 Å². The molecule has 1 aromatic rings. The Morgan fingerprint density at radius 3 is 2.83 bits per heavy atom. The van der Waals surface area contributed by atoms with Gasteiger partial charge in [-0.3, -0.25) is 10.1 Å². The molecule has 1 N–H and O–H groups in total. The first-order valence-corrected chi connectivity index (χ1v) is 6.50. The van der Waals surface area contributed by atoms with Gasteiger partial charge in [-0.15, -0.1) is 0 Å². The molecule has 1 saturated carbocycles. The van der Waals surface area contributed by atoms with E-state index in [2.05, 4.69) is 17.2 Å². The van der Waals surface area contributed by atoms with Crippen molar-refractivity contribution in [1.29, 1.82) is 0 Å². The van der Waals surface area contributed by atoms with Crippen molar-refractivity contribution in [1.82, 2.24) is 4.98 Å². The fourth-order valence-electron chi connectivity index (χ4n) is 2.73. The lowest BCUT2D eigenvalue weighted by Crippen LogP contribution is -2.26. The van der Waals surface area contributed by atoms with Crippen LogP contribution in [-0.4, -0.2) is 16.5 Å². The summed E-state index contributed by atoms with van der Waals surface area (Å²) in [4.78, 5) is 14.6. The monoisotopic (exact) mass is 249 g/mol. The van der Waals surface area contributed by atoms with E-state index >= 15 is 0 Å². The Balaban J connectivity index is 2.08. The minimum atomic E-state index is -0.386. The van der Waals surface area contributed by atoms with E-state index in [1.54, 1.807) is 12.3 Å². The molecule has 2 rings (SSSR count). The van der Waals surface area contributed by atoms with Crippen molar-refractivity contribution in [3.63, 3.8) is 0 Å². The molecule has 0 atom stereocenters. The van der Waals surface area contributed by atoms with Crippen LogP contribution >= 0.6 is 0 Å². The van der Waals surface area contributed by atoms with E-state index in [9.17, 15) is 10.1 Å². The Hall–Kier alpha value is -1.65. The highest BCUT2D eigenvalue weighted by Gasteiger charge is 2.32. The summed E-state index contributed by atoms with van der Waals surface area (Å²) < 4.78 is 0. The second kappa shape index (κ2) is 5.33. The van der Waals surface area contributed by atoms with Crippen molar-refractivity contribution < 1.29 is 4.92 Å². The summed E-state index contributed by atoms with van der Waals surface area (Å²) in [5.74, 6) is 0.391. The van der Waals surface area contributed by atoms with Crippen LogP contribution in [0.15, 0.2) is 18.3 Å². The normalized spacial score (nSPS) is 17.6. The lowest BCUT2D eigenvalue weighted by molar-refractivity contribution is -0.384. The number of pyridine rings is 1. The van der Waals surface area contributed by atoms with Gasteiger partial charge in [0.15, 0.2) is 0 Å². The number of nitrogens with one attached hydrogen (secondary N) is 1. The molecule has 1 aromatic heterocycles. The summed E-state index contributed by atoms with van der Waals surface area (Å²) in [6.07, 6.45) is 7.64. The molecule has 5 nitrogen and oxygen atoms in total. The molecule has 5 heteroatoms. The summed E-state index contributed by atoms with van der Waals surface area (Å²) in [7, 11) is 0. The summed E-state index contributed by atoms with van der Waals surface area (Å²) >= 11 is 0. The van der Waals surface area contributed by atoms with Crippen molar-refractivity contribution in [3.8, 4) is 0 Å². The standard InChI is InChI=1S/C13H19N3O2/c1-2-13(7-3-4-8-13)10-15-12-11(16(17)18)6-5-9-14-12/h5-6,9H,2-4,7-8,10H2,1H3,(H,14,15). The lowest BCUT2D eigenvalue weighted by atomic mass is 9.83. The highest BCUT2D eigenvalue weighted by molar-refractivity contribution is 5.55. The zero-order chi connectivity index (χ0) is 13.0. The van der Waals surface area contributed by atoms with E-state index in [1.807, 2.05) is 0 Å². The smallest absolute Gasteiger partial charge is 0.311 e. The third kappa shape index (κ3) is 2.60. The fraction of sp³-hybridized carbons (Fsp3) is 0.615. The molecule has 18 heavy (non-hydrogen) atoms. The molecule has 0 radical (unpaired) electrons. The van der Waals surface area contributed by atoms with Crippen LogP contribution in [0.3, 0.4) is 0 Å². The van der Waals surface area contributed by atoms with Crippen LogP contribution in [0.4, 0.5) is 11.5 Å². The van der Waals surface area contributed by atoms with Crippen molar-refractivity contribution in [2.24, 2.45) is 5.41 Å². The van der Waals surface area contributed by atoms with E-state index in [-0.39, 0.29) is 10.6 Å². The van der Waals surface area contributed by atoms with Gasteiger partial charge in [0.05, 0.1) is 4.92 Å². The second-order valence-electron chi connectivity index (χ2n) is 5.04. The van der Waals surface area contributed by atoms with Crippen molar-refractivity contribution >= 4 is 11.5 Å². The topological polar surface area (TPSA) is 68.1 Å². The summed E-state index contributed by atoms with van der Waals surface area (Å²) in [5.41, 5.74) is 0.354. The maximum atomic E-state index is 10.9. The highest BCUT2D eigenvalue weighted by atomic mass is 16.6. The third-order valence-electron chi connectivity index (χ3n) is 4.03. The fourth-order valence-corrected chi connectivity index (χ4v) is 2.73. The number of hydrogen-bond acceptors (Lipinski definition) is 4.